The van der Waals surface area contributed by atoms with Crippen molar-refractivity contribution in [1.82, 2.24) is 10.3 Å². The summed E-state index contributed by atoms with van der Waals surface area (Å²) in [6, 6.07) is 2.01. The van der Waals surface area contributed by atoms with Crippen molar-refractivity contribution in [2.24, 2.45) is 16.6 Å². The molecule has 5 nitrogen and oxygen atoms in total. The Labute approximate surface area is 156 Å². The topological polar surface area (TPSA) is 72.5 Å². The number of nitrogens with one attached hydrogen (secondary N) is 1. The Morgan fingerprint density at radius 2 is 2.27 bits per heavy atom. The number of allylic oxidation sites excluding steroid dienone is 1. The molecule has 1 aliphatic heterocycles. The zero-order chi connectivity index (χ0) is 18.4. The zero-order valence-electron chi connectivity index (χ0n) is 15.9. The lowest BCUT2D eigenvalue weighted by Crippen LogP contribution is -2.29. The number of aliphatic imine (C=N–C) groups is 1. The van der Waals surface area contributed by atoms with Crippen LogP contribution in [0.1, 0.15) is 50.2 Å². The molecule has 2 heterocycles. The lowest BCUT2D eigenvalue weighted by molar-refractivity contribution is 0.289. The summed E-state index contributed by atoms with van der Waals surface area (Å²) < 4.78 is 5.81. The molecule has 3 rings (SSSR count). The number of aryl methyl sites for hydroxylation is 1. The van der Waals surface area contributed by atoms with Gasteiger partial charge < -0.3 is 15.8 Å². The first kappa shape index (κ1) is 18.6. The van der Waals surface area contributed by atoms with Crippen molar-refractivity contribution in [3.63, 3.8) is 0 Å². The van der Waals surface area contributed by atoms with E-state index in [4.69, 9.17) is 10.5 Å². The van der Waals surface area contributed by atoms with Crippen molar-refractivity contribution in [2.75, 3.05) is 6.61 Å². The molecule has 26 heavy (non-hydrogen) atoms. The van der Waals surface area contributed by atoms with Gasteiger partial charge >= 0.3 is 0 Å². The normalized spacial score (nSPS) is 19.9. The van der Waals surface area contributed by atoms with E-state index in [0.29, 0.717) is 6.54 Å². The summed E-state index contributed by atoms with van der Waals surface area (Å²) in [7, 11) is 0. The maximum Gasteiger partial charge on any atom is 0.216 e. The number of dihydropyridines is 1. The first-order valence-electron chi connectivity index (χ1n) is 9.67. The third-order valence-electron chi connectivity index (χ3n) is 4.82. The molecule has 1 atom stereocenters. The summed E-state index contributed by atoms with van der Waals surface area (Å²) in [5, 5.41) is 3.30. The first-order valence-corrected chi connectivity index (χ1v) is 9.67. The Kier molecular flexibility index (Phi) is 6.45. The minimum Gasteiger partial charge on any atom is -0.477 e. The average Bonchev–Trinajstić information content (AvgIpc) is 3.44. The van der Waals surface area contributed by atoms with Crippen LogP contribution < -0.4 is 15.8 Å². The highest BCUT2D eigenvalue weighted by Gasteiger charge is 2.21. The minimum absolute atomic E-state index is 0.0938. The van der Waals surface area contributed by atoms with Crippen LogP contribution in [0.4, 0.5) is 0 Å². The van der Waals surface area contributed by atoms with Crippen molar-refractivity contribution in [3.05, 3.63) is 46.9 Å². The molecule has 1 aliphatic carbocycles. The molecule has 1 unspecified atom stereocenters. The van der Waals surface area contributed by atoms with E-state index in [-0.39, 0.29) is 6.04 Å². The monoisotopic (exact) mass is 354 g/mol. The fourth-order valence-electron chi connectivity index (χ4n) is 3.11. The van der Waals surface area contributed by atoms with Crippen LogP contribution in [-0.2, 0) is 6.54 Å². The van der Waals surface area contributed by atoms with Crippen LogP contribution in [0.3, 0.4) is 0 Å². The SMILES string of the molecule is CCCC1=C(C=NCc2cnc(OCCC3CC3)c(C)c2)C(N)C=CN1. The Balaban J connectivity index is 1.57. The van der Waals surface area contributed by atoms with Crippen LogP contribution >= 0.6 is 0 Å². The smallest absolute Gasteiger partial charge is 0.216 e. The molecule has 1 saturated carbocycles. The van der Waals surface area contributed by atoms with Gasteiger partial charge in [0.15, 0.2) is 0 Å². The van der Waals surface area contributed by atoms with Gasteiger partial charge in [0.05, 0.1) is 19.2 Å². The van der Waals surface area contributed by atoms with Crippen molar-refractivity contribution >= 4 is 6.21 Å². The van der Waals surface area contributed by atoms with E-state index in [0.717, 1.165) is 54.4 Å². The van der Waals surface area contributed by atoms with Gasteiger partial charge in [-0.05, 0) is 49.6 Å². The Hall–Kier alpha value is -2.14. The number of hydrogen-bond acceptors (Lipinski definition) is 5. The minimum atomic E-state index is -0.0938. The van der Waals surface area contributed by atoms with E-state index in [1.807, 2.05) is 31.6 Å². The molecule has 140 valence electrons. The molecule has 3 N–H and O–H groups in total. The van der Waals surface area contributed by atoms with Gasteiger partial charge in [0.2, 0.25) is 5.88 Å². The van der Waals surface area contributed by atoms with E-state index in [9.17, 15) is 0 Å². The molecule has 0 radical (unpaired) electrons. The molecular weight excluding hydrogens is 324 g/mol. The van der Waals surface area contributed by atoms with Crippen LogP contribution in [-0.4, -0.2) is 23.8 Å². The lowest BCUT2D eigenvalue weighted by atomic mass is 10.0. The summed E-state index contributed by atoms with van der Waals surface area (Å²) in [5.74, 6) is 1.63. The van der Waals surface area contributed by atoms with Gasteiger partial charge in [0.1, 0.15) is 0 Å². The first-order chi connectivity index (χ1) is 12.7. The summed E-state index contributed by atoms with van der Waals surface area (Å²) in [5.41, 5.74) is 10.6. The number of nitrogens with two attached hydrogens (primary N) is 1. The van der Waals surface area contributed by atoms with Gasteiger partial charge in [-0.25, -0.2) is 4.98 Å². The lowest BCUT2D eigenvalue weighted by Gasteiger charge is -2.20. The van der Waals surface area contributed by atoms with Crippen molar-refractivity contribution in [2.45, 2.75) is 58.5 Å². The molecule has 5 heteroatoms. The molecule has 1 aromatic rings. The second-order valence-electron chi connectivity index (χ2n) is 7.23. The molecule has 0 bridgehead atoms. The molecule has 1 aromatic heterocycles. The second kappa shape index (κ2) is 8.99. The highest BCUT2D eigenvalue weighted by atomic mass is 16.5. The molecular formula is C21H30N4O. The Morgan fingerprint density at radius 3 is 3.00 bits per heavy atom. The van der Waals surface area contributed by atoms with Crippen LogP contribution in [0.5, 0.6) is 5.88 Å². The molecule has 1 fully saturated rings. The van der Waals surface area contributed by atoms with Crippen LogP contribution in [0.15, 0.2) is 40.8 Å². The standard InChI is InChI=1S/C21H30N4O/c1-3-4-20-18(19(22)7-9-24-20)14-23-12-17-11-15(2)21(25-13-17)26-10-8-16-5-6-16/h7,9,11,13-14,16,19,24H,3-6,8,10,12,22H2,1-2H3. The summed E-state index contributed by atoms with van der Waals surface area (Å²) in [6.07, 6.45) is 13.6. The third kappa shape index (κ3) is 5.18. The number of aromatic nitrogens is 1. The van der Waals surface area contributed by atoms with Crippen LogP contribution in [0.25, 0.3) is 0 Å². The highest BCUT2D eigenvalue weighted by molar-refractivity contribution is 5.82. The maximum absolute atomic E-state index is 6.19. The van der Waals surface area contributed by atoms with Crippen molar-refractivity contribution < 1.29 is 4.74 Å². The number of hydrogen-bond donors (Lipinski definition) is 2. The fourth-order valence-corrected chi connectivity index (χ4v) is 3.11. The van der Waals surface area contributed by atoms with Gasteiger partial charge in [0, 0.05) is 29.2 Å². The number of ether oxygens (including phenoxy) is 1. The quantitative estimate of drug-likeness (QED) is 0.664. The van der Waals surface area contributed by atoms with E-state index in [1.54, 1.807) is 0 Å². The second-order valence-corrected chi connectivity index (χ2v) is 7.23. The van der Waals surface area contributed by atoms with Crippen LogP contribution in [0, 0.1) is 12.8 Å². The van der Waals surface area contributed by atoms with Gasteiger partial charge in [-0.3, -0.25) is 4.99 Å². The predicted octanol–water partition coefficient (Wildman–Crippen LogP) is 3.64. The molecule has 0 spiro atoms. The number of nitrogens with zero attached hydrogens (tertiary/aromatic N) is 2. The van der Waals surface area contributed by atoms with Gasteiger partial charge in [-0.15, -0.1) is 0 Å². The molecule has 0 saturated heterocycles. The van der Waals surface area contributed by atoms with Gasteiger partial charge in [-0.2, -0.15) is 0 Å². The third-order valence-corrected chi connectivity index (χ3v) is 4.82. The van der Waals surface area contributed by atoms with Gasteiger partial charge in [-0.1, -0.05) is 26.2 Å². The summed E-state index contributed by atoms with van der Waals surface area (Å²) in [6.45, 7) is 5.56. The van der Waals surface area contributed by atoms with E-state index in [2.05, 4.69) is 28.3 Å². The van der Waals surface area contributed by atoms with E-state index < -0.39 is 0 Å². The molecule has 2 aliphatic rings. The van der Waals surface area contributed by atoms with E-state index in [1.165, 1.54) is 18.5 Å². The van der Waals surface area contributed by atoms with Crippen molar-refractivity contribution in [1.29, 1.82) is 0 Å². The highest BCUT2D eigenvalue weighted by Crippen LogP contribution is 2.32. The number of pyridine rings is 1. The summed E-state index contributed by atoms with van der Waals surface area (Å²) >= 11 is 0. The Bertz CT molecular complexity index is 704. The summed E-state index contributed by atoms with van der Waals surface area (Å²) in [4.78, 5) is 9.06. The molecule has 0 aromatic carbocycles. The Morgan fingerprint density at radius 1 is 1.42 bits per heavy atom. The maximum atomic E-state index is 6.19. The fraction of sp³-hybridized carbons (Fsp3) is 0.524. The average molecular weight is 354 g/mol. The molecule has 0 amide bonds. The van der Waals surface area contributed by atoms with Crippen molar-refractivity contribution in [3.8, 4) is 5.88 Å². The predicted molar refractivity (Wildman–Crippen MR) is 106 cm³/mol. The zero-order valence-corrected chi connectivity index (χ0v) is 15.9. The van der Waals surface area contributed by atoms with Crippen LogP contribution in [0.2, 0.25) is 0 Å². The largest absolute Gasteiger partial charge is 0.477 e. The number of rotatable bonds is 9. The van der Waals surface area contributed by atoms with Gasteiger partial charge in [0.25, 0.3) is 0 Å². The van der Waals surface area contributed by atoms with E-state index >= 15 is 0 Å².